The number of hydrogen-bond donors (Lipinski definition) is 1. The first-order chi connectivity index (χ1) is 6.43. The summed E-state index contributed by atoms with van der Waals surface area (Å²) in [7, 11) is 0. The van der Waals surface area contributed by atoms with E-state index < -0.39 is 0 Å². The van der Waals surface area contributed by atoms with Gasteiger partial charge in [0.1, 0.15) is 0 Å². The molecule has 0 aromatic carbocycles. The number of rotatable bonds is 6. The van der Waals surface area contributed by atoms with Crippen LogP contribution < -0.4 is 0 Å². The van der Waals surface area contributed by atoms with Crippen molar-refractivity contribution in [1.29, 1.82) is 0 Å². The van der Waals surface area contributed by atoms with E-state index >= 15 is 0 Å². The van der Waals surface area contributed by atoms with Crippen molar-refractivity contribution in [3.05, 3.63) is 30.2 Å². The molecule has 1 radical (unpaired) electrons. The highest BCUT2D eigenvalue weighted by atomic mass is 16.5. The van der Waals surface area contributed by atoms with Gasteiger partial charge in [-0.15, -0.1) is 0 Å². The fourth-order valence-electron chi connectivity index (χ4n) is 1.28. The Morgan fingerprint density at radius 1 is 1.38 bits per heavy atom. The van der Waals surface area contributed by atoms with E-state index in [4.69, 9.17) is 9.84 Å². The van der Waals surface area contributed by atoms with Gasteiger partial charge in [-0.3, -0.25) is 0 Å². The number of hydrogen-bond acceptors (Lipinski definition) is 2. The molecular weight excluding hydrogens is 164 g/mol. The highest BCUT2D eigenvalue weighted by Gasteiger charge is 1.97. The zero-order chi connectivity index (χ0) is 9.36. The van der Waals surface area contributed by atoms with Crippen LogP contribution in [-0.2, 0) is 4.74 Å². The van der Waals surface area contributed by atoms with Crippen LogP contribution in [0.1, 0.15) is 19.3 Å². The summed E-state index contributed by atoms with van der Waals surface area (Å²) >= 11 is 0. The summed E-state index contributed by atoms with van der Waals surface area (Å²) in [4.78, 5) is 0. The normalized spacial score (nSPS) is 15.9. The second-order valence-corrected chi connectivity index (χ2v) is 3.05. The van der Waals surface area contributed by atoms with E-state index in [-0.39, 0.29) is 6.61 Å². The third kappa shape index (κ3) is 4.86. The van der Waals surface area contributed by atoms with Gasteiger partial charge in [0.05, 0.1) is 13.2 Å². The Morgan fingerprint density at radius 3 is 3.00 bits per heavy atom. The van der Waals surface area contributed by atoms with Gasteiger partial charge >= 0.3 is 0 Å². The smallest absolute Gasteiger partial charge is 0.0697 e. The van der Waals surface area contributed by atoms with E-state index in [0.29, 0.717) is 6.61 Å². The van der Waals surface area contributed by atoms with Crippen molar-refractivity contribution in [3.8, 4) is 0 Å². The minimum absolute atomic E-state index is 0.121. The molecular formula is C11H17O2. The fourth-order valence-corrected chi connectivity index (χ4v) is 1.28. The zero-order valence-corrected chi connectivity index (χ0v) is 7.91. The summed E-state index contributed by atoms with van der Waals surface area (Å²) in [5, 5.41) is 8.46. The molecule has 2 heteroatoms. The van der Waals surface area contributed by atoms with Gasteiger partial charge in [0.25, 0.3) is 0 Å². The van der Waals surface area contributed by atoms with Crippen LogP contribution in [0.25, 0.3) is 0 Å². The molecule has 1 aliphatic rings. The summed E-state index contributed by atoms with van der Waals surface area (Å²) in [6.45, 7) is 1.32. The number of allylic oxidation sites excluding steroid dienone is 4. The molecule has 2 nitrogen and oxygen atoms in total. The van der Waals surface area contributed by atoms with Crippen LogP contribution >= 0.6 is 0 Å². The summed E-state index contributed by atoms with van der Waals surface area (Å²) in [5.74, 6) is 0. The van der Waals surface area contributed by atoms with Gasteiger partial charge in [0.15, 0.2) is 0 Å². The fraction of sp³-hybridized carbons (Fsp3) is 0.545. The van der Waals surface area contributed by atoms with Gasteiger partial charge in [-0.1, -0.05) is 23.8 Å². The maximum atomic E-state index is 8.46. The lowest BCUT2D eigenvalue weighted by Gasteiger charge is -2.06. The Balaban J connectivity index is 1.99. The molecule has 1 rings (SSSR count). The van der Waals surface area contributed by atoms with Crippen LogP contribution in [0.15, 0.2) is 23.8 Å². The van der Waals surface area contributed by atoms with Crippen molar-refractivity contribution in [1.82, 2.24) is 0 Å². The summed E-state index contributed by atoms with van der Waals surface area (Å²) in [6.07, 6.45) is 11.8. The van der Waals surface area contributed by atoms with Crippen molar-refractivity contribution >= 4 is 0 Å². The molecule has 0 saturated carbocycles. The van der Waals surface area contributed by atoms with E-state index in [0.717, 1.165) is 25.9 Å². The maximum Gasteiger partial charge on any atom is 0.0697 e. The molecule has 0 aromatic rings. The molecule has 0 spiro atoms. The lowest BCUT2D eigenvalue weighted by molar-refractivity contribution is 0.0909. The van der Waals surface area contributed by atoms with Gasteiger partial charge < -0.3 is 9.84 Å². The maximum absolute atomic E-state index is 8.46. The minimum Gasteiger partial charge on any atom is -0.394 e. The molecule has 1 N–H and O–H groups in total. The lowest BCUT2D eigenvalue weighted by Crippen LogP contribution is -2.01. The molecule has 0 amide bonds. The molecule has 0 heterocycles. The molecule has 1 aliphatic carbocycles. The highest BCUT2D eigenvalue weighted by molar-refractivity contribution is 5.26. The standard InChI is InChI=1S/C11H17O2/c12-8-10-13-9-4-7-11-5-2-1-3-6-11/h2-3,5-6,12H,1,4,7-10H2. The Labute approximate surface area is 79.9 Å². The monoisotopic (exact) mass is 181 g/mol. The van der Waals surface area contributed by atoms with Crippen molar-refractivity contribution in [2.45, 2.75) is 19.3 Å². The van der Waals surface area contributed by atoms with Crippen molar-refractivity contribution < 1.29 is 9.84 Å². The molecule has 0 atom stereocenters. The Bertz CT molecular complexity index is 183. The van der Waals surface area contributed by atoms with Gasteiger partial charge in [-0.2, -0.15) is 0 Å². The van der Waals surface area contributed by atoms with Crippen LogP contribution in [0, 0.1) is 6.42 Å². The second-order valence-electron chi connectivity index (χ2n) is 3.05. The van der Waals surface area contributed by atoms with Crippen LogP contribution in [0.4, 0.5) is 0 Å². The molecule has 73 valence electrons. The molecule has 0 saturated heterocycles. The van der Waals surface area contributed by atoms with Gasteiger partial charge in [0, 0.05) is 6.61 Å². The molecule has 0 aliphatic heterocycles. The first kappa shape index (κ1) is 10.5. The lowest BCUT2D eigenvalue weighted by atomic mass is 10.0. The zero-order valence-electron chi connectivity index (χ0n) is 7.91. The third-order valence-corrected chi connectivity index (χ3v) is 1.93. The van der Waals surface area contributed by atoms with Gasteiger partial charge in [-0.05, 0) is 25.7 Å². The predicted octanol–water partition coefficient (Wildman–Crippen LogP) is 1.87. The summed E-state index contributed by atoms with van der Waals surface area (Å²) in [5.41, 5.74) is 1.37. The molecule has 0 unspecified atom stereocenters. The number of aliphatic hydroxyl groups excluding tert-OH is 1. The number of ether oxygens (including phenoxy) is 1. The predicted molar refractivity (Wildman–Crippen MR) is 53.3 cm³/mol. The van der Waals surface area contributed by atoms with Crippen LogP contribution in [-0.4, -0.2) is 24.9 Å². The van der Waals surface area contributed by atoms with Crippen LogP contribution in [0.2, 0.25) is 0 Å². The molecule has 13 heavy (non-hydrogen) atoms. The van der Waals surface area contributed by atoms with Crippen molar-refractivity contribution in [3.63, 3.8) is 0 Å². The quantitative estimate of drug-likeness (QED) is 0.634. The molecule has 0 aromatic heterocycles. The first-order valence-corrected chi connectivity index (χ1v) is 4.81. The van der Waals surface area contributed by atoms with E-state index in [1.807, 2.05) is 0 Å². The van der Waals surface area contributed by atoms with E-state index in [1.54, 1.807) is 0 Å². The minimum atomic E-state index is 0.121. The Morgan fingerprint density at radius 2 is 2.31 bits per heavy atom. The summed E-state index contributed by atoms with van der Waals surface area (Å²) in [6, 6.07) is 0. The van der Waals surface area contributed by atoms with Gasteiger partial charge in [0.2, 0.25) is 0 Å². The average molecular weight is 181 g/mol. The van der Waals surface area contributed by atoms with E-state index in [9.17, 15) is 0 Å². The van der Waals surface area contributed by atoms with Gasteiger partial charge in [-0.25, -0.2) is 0 Å². The van der Waals surface area contributed by atoms with E-state index in [2.05, 4.69) is 24.6 Å². The van der Waals surface area contributed by atoms with Crippen LogP contribution in [0.5, 0.6) is 0 Å². The second kappa shape index (κ2) is 6.87. The first-order valence-electron chi connectivity index (χ1n) is 4.81. The molecule has 0 fully saturated rings. The highest BCUT2D eigenvalue weighted by Crippen LogP contribution is 2.13. The van der Waals surface area contributed by atoms with E-state index in [1.165, 1.54) is 5.57 Å². The molecule has 0 bridgehead atoms. The Kier molecular flexibility index (Phi) is 5.54. The SMILES string of the molecule is OCCOCCCC1=C[CH]CC=C1. The third-order valence-electron chi connectivity index (χ3n) is 1.93. The topological polar surface area (TPSA) is 29.5 Å². The van der Waals surface area contributed by atoms with Crippen molar-refractivity contribution in [2.24, 2.45) is 0 Å². The van der Waals surface area contributed by atoms with Crippen LogP contribution in [0.3, 0.4) is 0 Å². The largest absolute Gasteiger partial charge is 0.394 e. The number of aliphatic hydroxyl groups is 1. The summed E-state index contributed by atoms with van der Waals surface area (Å²) < 4.78 is 5.16. The average Bonchev–Trinajstić information content (AvgIpc) is 2.19. The van der Waals surface area contributed by atoms with Crippen molar-refractivity contribution in [2.75, 3.05) is 19.8 Å². The Hall–Kier alpha value is -0.600.